The van der Waals surface area contributed by atoms with Crippen molar-refractivity contribution in [2.45, 2.75) is 64.5 Å². The lowest BCUT2D eigenvalue weighted by Crippen LogP contribution is -2.50. The molecule has 1 saturated carbocycles. The van der Waals surface area contributed by atoms with Gasteiger partial charge in [0.25, 0.3) is 0 Å². The second-order valence-corrected chi connectivity index (χ2v) is 6.65. The Labute approximate surface area is 137 Å². The fraction of sp³-hybridized carbons (Fsp3) is 0.706. The van der Waals surface area contributed by atoms with Crippen LogP contribution in [0.5, 0.6) is 5.88 Å². The highest BCUT2D eigenvalue weighted by molar-refractivity contribution is 5.74. The summed E-state index contributed by atoms with van der Waals surface area (Å²) in [6.45, 7) is 5.23. The summed E-state index contributed by atoms with van der Waals surface area (Å²) < 4.78 is 5.99. The van der Waals surface area contributed by atoms with E-state index >= 15 is 0 Å². The number of amides is 2. The Balaban J connectivity index is 1.55. The first kappa shape index (κ1) is 16.0. The first-order chi connectivity index (χ1) is 11.1. The molecule has 1 aliphatic carbocycles. The average molecular weight is 318 g/mol. The minimum absolute atomic E-state index is 0.00628. The predicted molar refractivity (Wildman–Crippen MR) is 87.5 cm³/mol. The number of hydrogen-bond donors (Lipinski definition) is 1. The summed E-state index contributed by atoms with van der Waals surface area (Å²) in [5.41, 5.74) is 0.902. The van der Waals surface area contributed by atoms with E-state index in [1.54, 1.807) is 0 Å². The van der Waals surface area contributed by atoms with E-state index in [0.29, 0.717) is 24.3 Å². The number of aromatic nitrogens is 2. The summed E-state index contributed by atoms with van der Waals surface area (Å²) in [6, 6.07) is 2.26. The fourth-order valence-electron chi connectivity index (χ4n) is 3.47. The first-order valence-corrected chi connectivity index (χ1v) is 8.64. The lowest BCUT2D eigenvalue weighted by molar-refractivity contribution is 0.0964. The Morgan fingerprint density at radius 3 is 2.74 bits per heavy atom. The van der Waals surface area contributed by atoms with E-state index in [1.165, 1.54) is 12.8 Å². The zero-order valence-corrected chi connectivity index (χ0v) is 14.0. The van der Waals surface area contributed by atoms with E-state index in [1.807, 2.05) is 24.8 Å². The van der Waals surface area contributed by atoms with Gasteiger partial charge >= 0.3 is 6.03 Å². The number of ether oxygens (including phenoxy) is 1. The number of nitrogens with one attached hydrogen (secondary N) is 1. The molecule has 0 spiro atoms. The van der Waals surface area contributed by atoms with Crippen molar-refractivity contribution in [1.29, 1.82) is 0 Å². The molecule has 2 amide bonds. The molecule has 1 aromatic heterocycles. The van der Waals surface area contributed by atoms with Crippen LogP contribution in [0.15, 0.2) is 6.07 Å². The molecule has 2 heterocycles. The molecule has 0 aromatic carbocycles. The van der Waals surface area contributed by atoms with E-state index in [-0.39, 0.29) is 12.1 Å². The number of carbonyl (C=O) groups is 1. The van der Waals surface area contributed by atoms with Crippen LogP contribution in [-0.2, 0) is 0 Å². The van der Waals surface area contributed by atoms with Crippen molar-refractivity contribution in [3.8, 4) is 5.88 Å². The average Bonchev–Trinajstić information content (AvgIpc) is 2.99. The van der Waals surface area contributed by atoms with E-state index in [2.05, 4.69) is 15.3 Å². The van der Waals surface area contributed by atoms with Crippen LogP contribution in [-0.4, -0.2) is 46.1 Å². The Bertz CT molecular complexity index is 537. The molecular weight excluding hydrogens is 292 g/mol. The fourth-order valence-corrected chi connectivity index (χ4v) is 3.47. The van der Waals surface area contributed by atoms with Crippen LogP contribution >= 0.6 is 0 Å². The highest BCUT2D eigenvalue weighted by Crippen LogP contribution is 2.20. The molecule has 1 N–H and O–H groups in total. The van der Waals surface area contributed by atoms with Crippen LogP contribution in [0.2, 0.25) is 0 Å². The molecule has 0 radical (unpaired) electrons. The second kappa shape index (κ2) is 7.15. The zero-order valence-electron chi connectivity index (χ0n) is 14.0. The van der Waals surface area contributed by atoms with Gasteiger partial charge in [0.05, 0.1) is 6.54 Å². The number of rotatable bonds is 3. The Kier molecular flexibility index (Phi) is 4.98. The summed E-state index contributed by atoms with van der Waals surface area (Å²) in [5, 5.41) is 3.16. The van der Waals surface area contributed by atoms with Gasteiger partial charge < -0.3 is 15.0 Å². The van der Waals surface area contributed by atoms with Crippen molar-refractivity contribution in [2.75, 3.05) is 13.1 Å². The van der Waals surface area contributed by atoms with Crippen molar-refractivity contribution in [2.24, 2.45) is 0 Å². The monoisotopic (exact) mass is 318 g/mol. The number of nitrogens with zero attached hydrogens (tertiary/aromatic N) is 3. The lowest BCUT2D eigenvalue weighted by Gasteiger charge is -2.33. The molecular formula is C17H26N4O2. The van der Waals surface area contributed by atoms with Crippen LogP contribution in [0.1, 0.15) is 50.0 Å². The van der Waals surface area contributed by atoms with Crippen LogP contribution in [0.3, 0.4) is 0 Å². The lowest BCUT2D eigenvalue weighted by atomic mass is 10.1. The molecule has 2 fully saturated rings. The van der Waals surface area contributed by atoms with Crippen molar-refractivity contribution in [3.05, 3.63) is 17.6 Å². The van der Waals surface area contributed by atoms with Crippen LogP contribution in [0.4, 0.5) is 4.79 Å². The van der Waals surface area contributed by atoms with Crippen molar-refractivity contribution >= 4 is 6.03 Å². The van der Waals surface area contributed by atoms with E-state index < -0.39 is 0 Å². The Morgan fingerprint density at radius 2 is 2.00 bits per heavy atom. The van der Waals surface area contributed by atoms with Crippen molar-refractivity contribution in [3.63, 3.8) is 0 Å². The number of hydrogen-bond acceptors (Lipinski definition) is 4. The number of urea groups is 1. The summed E-state index contributed by atoms with van der Waals surface area (Å²) in [5.74, 6) is 1.32. The van der Waals surface area contributed by atoms with Gasteiger partial charge in [-0.2, -0.15) is 4.98 Å². The summed E-state index contributed by atoms with van der Waals surface area (Å²) in [4.78, 5) is 22.9. The first-order valence-electron chi connectivity index (χ1n) is 8.64. The maximum atomic E-state index is 12.4. The Hall–Kier alpha value is -1.85. The third-order valence-electron chi connectivity index (χ3n) is 4.58. The molecule has 6 nitrogen and oxygen atoms in total. The molecule has 1 unspecified atom stereocenters. The van der Waals surface area contributed by atoms with E-state index in [0.717, 1.165) is 37.9 Å². The maximum absolute atomic E-state index is 12.4. The van der Waals surface area contributed by atoms with Gasteiger partial charge in [0.1, 0.15) is 11.9 Å². The van der Waals surface area contributed by atoms with Gasteiger partial charge in [-0.25, -0.2) is 9.78 Å². The van der Waals surface area contributed by atoms with Gasteiger partial charge in [-0.05, 0) is 39.5 Å². The van der Waals surface area contributed by atoms with Crippen molar-refractivity contribution < 1.29 is 9.53 Å². The minimum atomic E-state index is 0.00628. The topological polar surface area (TPSA) is 67.3 Å². The molecule has 126 valence electrons. The minimum Gasteiger partial charge on any atom is -0.472 e. The van der Waals surface area contributed by atoms with Gasteiger partial charge in [-0.3, -0.25) is 0 Å². The molecule has 1 aliphatic heterocycles. The molecule has 23 heavy (non-hydrogen) atoms. The molecule has 1 atom stereocenters. The van der Waals surface area contributed by atoms with Gasteiger partial charge in [-0.15, -0.1) is 0 Å². The third kappa shape index (κ3) is 4.33. The smallest absolute Gasteiger partial charge is 0.317 e. The number of piperidine rings is 1. The molecule has 6 heteroatoms. The predicted octanol–water partition coefficient (Wildman–Crippen LogP) is 2.59. The Morgan fingerprint density at radius 1 is 1.22 bits per heavy atom. The van der Waals surface area contributed by atoms with Gasteiger partial charge in [0.15, 0.2) is 0 Å². The normalized spacial score (nSPS) is 22.2. The van der Waals surface area contributed by atoms with Crippen LogP contribution < -0.4 is 10.1 Å². The molecule has 0 bridgehead atoms. The SMILES string of the molecule is Cc1cc(OC2CCCN(C(=O)NC3CCCC3)C2)nc(C)n1. The largest absolute Gasteiger partial charge is 0.472 e. The van der Waals surface area contributed by atoms with Crippen molar-refractivity contribution in [1.82, 2.24) is 20.2 Å². The number of carbonyl (C=O) groups excluding carboxylic acids is 1. The van der Waals surface area contributed by atoms with Gasteiger partial charge in [-0.1, -0.05) is 12.8 Å². The highest BCUT2D eigenvalue weighted by atomic mass is 16.5. The molecule has 2 aliphatic rings. The maximum Gasteiger partial charge on any atom is 0.317 e. The number of likely N-dealkylation sites (tertiary alicyclic amines) is 1. The summed E-state index contributed by atoms with van der Waals surface area (Å²) in [6.07, 6.45) is 6.59. The molecule has 1 saturated heterocycles. The van der Waals surface area contributed by atoms with Crippen LogP contribution in [0.25, 0.3) is 0 Å². The van der Waals surface area contributed by atoms with Crippen LogP contribution in [0, 0.1) is 13.8 Å². The van der Waals surface area contributed by atoms with E-state index in [9.17, 15) is 4.79 Å². The van der Waals surface area contributed by atoms with Gasteiger partial charge in [0.2, 0.25) is 5.88 Å². The molecule has 1 aromatic rings. The third-order valence-corrected chi connectivity index (χ3v) is 4.58. The highest BCUT2D eigenvalue weighted by Gasteiger charge is 2.27. The zero-order chi connectivity index (χ0) is 16.2. The summed E-state index contributed by atoms with van der Waals surface area (Å²) in [7, 11) is 0. The second-order valence-electron chi connectivity index (χ2n) is 6.65. The number of aryl methyl sites for hydroxylation is 2. The van der Waals surface area contributed by atoms with Gasteiger partial charge in [0, 0.05) is 24.3 Å². The quantitative estimate of drug-likeness (QED) is 0.930. The summed E-state index contributed by atoms with van der Waals surface area (Å²) >= 11 is 0. The standard InChI is InChI=1S/C17H26N4O2/c1-12-10-16(19-13(2)18-12)23-15-8-5-9-21(11-15)17(22)20-14-6-3-4-7-14/h10,14-15H,3-9,11H2,1-2H3,(H,20,22). The molecule has 3 rings (SSSR count). The van der Waals surface area contributed by atoms with E-state index in [4.69, 9.17) is 4.74 Å².